The third kappa shape index (κ3) is 2.78. The predicted octanol–water partition coefficient (Wildman–Crippen LogP) is 2.69. The lowest BCUT2D eigenvalue weighted by Gasteiger charge is -2.28. The minimum Gasteiger partial charge on any atom is -0.478 e. The summed E-state index contributed by atoms with van der Waals surface area (Å²) < 4.78 is 0. The van der Waals surface area contributed by atoms with Gasteiger partial charge in [0.1, 0.15) is 0 Å². The van der Waals surface area contributed by atoms with E-state index in [2.05, 4.69) is 19.2 Å². The van der Waals surface area contributed by atoms with Crippen LogP contribution in [-0.2, 0) is 0 Å². The molecule has 2 N–H and O–H groups in total. The molecule has 4 heteroatoms. The van der Waals surface area contributed by atoms with Crippen LogP contribution in [0.5, 0.6) is 0 Å². The quantitative estimate of drug-likeness (QED) is 0.879. The molecule has 0 saturated heterocycles. The van der Waals surface area contributed by atoms with Gasteiger partial charge in [-0.05, 0) is 30.4 Å². The number of carbonyl (C=O) groups excluding carboxylic acids is 1. The van der Waals surface area contributed by atoms with E-state index in [1.807, 2.05) is 0 Å². The summed E-state index contributed by atoms with van der Waals surface area (Å²) in [6.45, 7) is 4.27. The van der Waals surface area contributed by atoms with Crippen molar-refractivity contribution in [2.24, 2.45) is 5.41 Å². The van der Waals surface area contributed by atoms with Gasteiger partial charge >= 0.3 is 5.97 Å². The van der Waals surface area contributed by atoms with E-state index in [0.717, 1.165) is 19.3 Å². The maximum atomic E-state index is 12.2. The molecule has 0 heterocycles. The van der Waals surface area contributed by atoms with Crippen LogP contribution in [-0.4, -0.2) is 23.0 Å². The number of rotatable bonds is 3. The molecule has 2 rings (SSSR count). The molecule has 19 heavy (non-hydrogen) atoms. The van der Waals surface area contributed by atoms with Crippen molar-refractivity contribution in [1.29, 1.82) is 0 Å². The van der Waals surface area contributed by atoms with Crippen molar-refractivity contribution in [3.63, 3.8) is 0 Å². The molecule has 4 nitrogen and oxygen atoms in total. The van der Waals surface area contributed by atoms with Crippen molar-refractivity contribution in [2.75, 3.05) is 0 Å². The number of hydrogen-bond donors (Lipinski definition) is 2. The van der Waals surface area contributed by atoms with Gasteiger partial charge < -0.3 is 10.4 Å². The number of hydrogen-bond acceptors (Lipinski definition) is 2. The fourth-order valence-corrected chi connectivity index (χ4v) is 2.70. The van der Waals surface area contributed by atoms with Gasteiger partial charge in [0.05, 0.1) is 11.1 Å². The summed E-state index contributed by atoms with van der Waals surface area (Å²) in [4.78, 5) is 23.4. The van der Waals surface area contributed by atoms with Crippen LogP contribution in [0.3, 0.4) is 0 Å². The van der Waals surface area contributed by atoms with Crippen LogP contribution in [0, 0.1) is 5.41 Å². The Hall–Kier alpha value is -1.84. The lowest BCUT2D eigenvalue weighted by Crippen LogP contribution is -2.41. The van der Waals surface area contributed by atoms with Gasteiger partial charge in [-0.3, -0.25) is 4.79 Å². The largest absolute Gasteiger partial charge is 0.478 e. The Morgan fingerprint density at radius 2 is 1.89 bits per heavy atom. The standard InChI is InChI=1S/C15H19NO3/c1-15(2)9-5-8-12(15)16-13(17)10-6-3-4-7-11(10)14(18)19/h3-4,6-7,12H,5,8-9H2,1-2H3,(H,16,17)(H,18,19). The minimum absolute atomic E-state index is 0.0517. The molecule has 1 aliphatic rings. The molecule has 0 radical (unpaired) electrons. The van der Waals surface area contributed by atoms with Crippen LogP contribution in [0.25, 0.3) is 0 Å². The first-order valence-corrected chi connectivity index (χ1v) is 6.55. The number of carboxylic acids is 1. The predicted molar refractivity (Wildman–Crippen MR) is 72.3 cm³/mol. The van der Waals surface area contributed by atoms with Crippen LogP contribution in [0.15, 0.2) is 24.3 Å². The zero-order chi connectivity index (χ0) is 14.0. The van der Waals surface area contributed by atoms with Gasteiger partial charge in [0.2, 0.25) is 0 Å². The summed E-state index contributed by atoms with van der Waals surface area (Å²) in [6.07, 6.45) is 3.13. The van der Waals surface area contributed by atoms with Gasteiger partial charge in [0.25, 0.3) is 5.91 Å². The van der Waals surface area contributed by atoms with E-state index in [9.17, 15) is 9.59 Å². The minimum atomic E-state index is -1.07. The van der Waals surface area contributed by atoms with Gasteiger partial charge in [-0.25, -0.2) is 4.79 Å². The number of aromatic carboxylic acids is 1. The van der Waals surface area contributed by atoms with E-state index in [0.29, 0.717) is 0 Å². The van der Waals surface area contributed by atoms with Crippen LogP contribution in [0.1, 0.15) is 53.8 Å². The van der Waals surface area contributed by atoms with Crippen LogP contribution in [0.4, 0.5) is 0 Å². The van der Waals surface area contributed by atoms with Gasteiger partial charge in [-0.15, -0.1) is 0 Å². The molecule has 1 aromatic carbocycles. The van der Waals surface area contributed by atoms with Crippen LogP contribution in [0.2, 0.25) is 0 Å². The fourth-order valence-electron chi connectivity index (χ4n) is 2.70. The number of carbonyl (C=O) groups is 2. The Kier molecular flexibility index (Phi) is 3.60. The van der Waals surface area contributed by atoms with Gasteiger partial charge in [0, 0.05) is 6.04 Å². The first-order valence-electron chi connectivity index (χ1n) is 6.55. The number of benzene rings is 1. The number of nitrogens with one attached hydrogen (secondary N) is 1. The average Bonchev–Trinajstić information content (AvgIpc) is 2.68. The van der Waals surface area contributed by atoms with Crippen LogP contribution >= 0.6 is 0 Å². The third-order valence-corrected chi connectivity index (χ3v) is 3.96. The fraction of sp³-hybridized carbons (Fsp3) is 0.467. The molecular weight excluding hydrogens is 242 g/mol. The van der Waals surface area contributed by atoms with E-state index in [-0.39, 0.29) is 28.5 Å². The summed E-state index contributed by atoms with van der Waals surface area (Å²) >= 11 is 0. The highest BCUT2D eigenvalue weighted by Crippen LogP contribution is 2.37. The zero-order valence-corrected chi connectivity index (χ0v) is 11.3. The summed E-state index contributed by atoms with van der Waals surface area (Å²) in [6, 6.07) is 6.43. The second-order valence-corrected chi connectivity index (χ2v) is 5.76. The molecule has 1 atom stereocenters. The van der Waals surface area contributed by atoms with Gasteiger partial charge in [-0.1, -0.05) is 32.4 Å². The van der Waals surface area contributed by atoms with Crippen molar-refractivity contribution >= 4 is 11.9 Å². The SMILES string of the molecule is CC1(C)CCCC1NC(=O)c1ccccc1C(=O)O. The topological polar surface area (TPSA) is 66.4 Å². The van der Waals surface area contributed by atoms with Crippen molar-refractivity contribution in [3.8, 4) is 0 Å². The van der Waals surface area contributed by atoms with E-state index >= 15 is 0 Å². The van der Waals surface area contributed by atoms with Crippen molar-refractivity contribution in [2.45, 2.75) is 39.2 Å². The summed E-state index contributed by atoms with van der Waals surface area (Å²) in [5, 5.41) is 12.1. The molecule has 1 aliphatic carbocycles. The molecule has 0 aliphatic heterocycles. The third-order valence-electron chi connectivity index (χ3n) is 3.96. The Balaban J connectivity index is 2.19. The normalized spacial score (nSPS) is 21.1. The molecule has 1 unspecified atom stereocenters. The molecule has 0 bridgehead atoms. The highest BCUT2D eigenvalue weighted by atomic mass is 16.4. The van der Waals surface area contributed by atoms with Crippen molar-refractivity contribution in [3.05, 3.63) is 35.4 Å². The number of amides is 1. The summed E-state index contributed by atoms with van der Waals surface area (Å²) in [7, 11) is 0. The first kappa shape index (κ1) is 13.6. The highest BCUT2D eigenvalue weighted by Gasteiger charge is 2.35. The van der Waals surface area contributed by atoms with E-state index in [4.69, 9.17) is 5.11 Å². The smallest absolute Gasteiger partial charge is 0.336 e. The zero-order valence-electron chi connectivity index (χ0n) is 11.3. The maximum absolute atomic E-state index is 12.2. The second kappa shape index (κ2) is 5.03. The highest BCUT2D eigenvalue weighted by molar-refractivity contribution is 6.04. The second-order valence-electron chi connectivity index (χ2n) is 5.76. The lowest BCUT2D eigenvalue weighted by molar-refractivity contribution is 0.0690. The first-order chi connectivity index (χ1) is 8.92. The van der Waals surface area contributed by atoms with E-state index in [1.165, 1.54) is 6.07 Å². The molecule has 1 fully saturated rings. The van der Waals surface area contributed by atoms with Gasteiger partial charge in [0.15, 0.2) is 0 Å². The molecule has 0 spiro atoms. The van der Waals surface area contributed by atoms with E-state index < -0.39 is 5.97 Å². The molecule has 1 amide bonds. The molecule has 102 valence electrons. The molecular formula is C15H19NO3. The summed E-state index contributed by atoms with van der Waals surface area (Å²) in [5.41, 5.74) is 0.363. The van der Waals surface area contributed by atoms with Crippen molar-refractivity contribution in [1.82, 2.24) is 5.32 Å². The van der Waals surface area contributed by atoms with Gasteiger partial charge in [-0.2, -0.15) is 0 Å². The van der Waals surface area contributed by atoms with Crippen LogP contribution < -0.4 is 5.32 Å². The molecule has 1 saturated carbocycles. The average molecular weight is 261 g/mol. The Labute approximate surface area is 112 Å². The Morgan fingerprint density at radius 1 is 1.26 bits per heavy atom. The Morgan fingerprint density at radius 3 is 2.42 bits per heavy atom. The van der Waals surface area contributed by atoms with E-state index in [1.54, 1.807) is 18.2 Å². The summed E-state index contributed by atoms with van der Waals surface area (Å²) in [5.74, 6) is -1.37. The molecule has 1 aromatic rings. The lowest BCUT2D eigenvalue weighted by atomic mass is 9.87. The Bertz CT molecular complexity index is 508. The monoisotopic (exact) mass is 261 g/mol. The van der Waals surface area contributed by atoms with Crippen molar-refractivity contribution < 1.29 is 14.7 Å². The number of carboxylic acid groups (broad SMARTS) is 1. The molecule has 0 aromatic heterocycles. The maximum Gasteiger partial charge on any atom is 0.336 e.